The Morgan fingerprint density at radius 2 is 1.94 bits per heavy atom. The monoisotopic (exact) mass is 430 g/mol. The van der Waals surface area contributed by atoms with Crippen molar-refractivity contribution in [2.24, 2.45) is 5.92 Å². The standard InChI is InChI=1S/C22H30N4O5/c1-25(2)22(29)31-16-12-17(21(28)24-30)19(26(3)13-16)20(27)18-11-15(9-10-23-18)14-7-5-4-6-8-14/h4-9,16-19,23,30H,10-13H2,1-3H3,(H,24,28)/t16-,17-,18?,19-/m0/s1. The SMILES string of the molecule is CN(C)C(=O)O[C@H]1C[C@H](C(=O)NO)[C@@H](C(=O)C2CC(c3ccccc3)=CCN2)N(C)C1. The van der Waals surface area contributed by atoms with Crippen LogP contribution in [0.2, 0.25) is 0 Å². The molecular weight excluding hydrogens is 400 g/mol. The van der Waals surface area contributed by atoms with Crippen LogP contribution in [0, 0.1) is 5.92 Å². The number of carbonyl (C=O) groups excluding carboxylic acids is 3. The molecule has 3 N–H and O–H groups in total. The van der Waals surface area contributed by atoms with Crippen molar-refractivity contribution in [3.63, 3.8) is 0 Å². The molecule has 4 atom stereocenters. The van der Waals surface area contributed by atoms with E-state index in [1.165, 1.54) is 4.90 Å². The molecule has 31 heavy (non-hydrogen) atoms. The number of hydrogen-bond donors (Lipinski definition) is 3. The summed E-state index contributed by atoms with van der Waals surface area (Å²) < 4.78 is 5.44. The Bertz CT molecular complexity index is 842. The van der Waals surface area contributed by atoms with Gasteiger partial charge in [-0.05, 0) is 31.0 Å². The predicted molar refractivity (Wildman–Crippen MR) is 114 cm³/mol. The van der Waals surface area contributed by atoms with Gasteiger partial charge in [-0.15, -0.1) is 0 Å². The van der Waals surface area contributed by atoms with E-state index in [0.29, 0.717) is 19.5 Å². The van der Waals surface area contributed by atoms with Crippen LogP contribution in [0.3, 0.4) is 0 Å². The van der Waals surface area contributed by atoms with Crippen molar-refractivity contribution in [1.29, 1.82) is 0 Å². The quantitative estimate of drug-likeness (QED) is 0.470. The van der Waals surface area contributed by atoms with Crippen LogP contribution >= 0.6 is 0 Å². The first-order chi connectivity index (χ1) is 14.8. The first-order valence-electron chi connectivity index (χ1n) is 10.4. The number of likely N-dealkylation sites (tertiary alicyclic amines) is 1. The fraction of sp³-hybridized carbons (Fsp3) is 0.500. The molecule has 0 spiro atoms. The molecule has 2 aliphatic heterocycles. The van der Waals surface area contributed by atoms with E-state index in [1.54, 1.807) is 31.5 Å². The first-order valence-corrected chi connectivity index (χ1v) is 10.4. The van der Waals surface area contributed by atoms with Gasteiger partial charge in [0.15, 0.2) is 5.78 Å². The molecule has 168 valence electrons. The van der Waals surface area contributed by atoms with Gasteiger partial charge < -0.3 is 15.0 Å². The molecule has 2 amide bonds. The molecule has 2 heterocycles. The highest BCUT2D eigenvalue weighted by Gasteiger charge is 2.45. The fourth-order valence-corrected chi connectivity index (χ4v) is 4.31. The molecule has 3 rings (SSSR count). The van der Waals surface area contributed by atoms with Crippen LogP contribution in [0.4, 0.5) is 4.79 Å². The van der Waals surface area contributed by atoms with Gasteiger partial charge in [-0.3, -0.25) is 19.7 Å². The minimum absolute atomic E-state index is 0.116. The van der Waals surface area contributed by atoms with Crippen molar-refractivity contribution in [1.82, 2.24) is 20.6 Å². The van der Waals surface area contributed by atoms with Gasteiger partial charge in [-0.1, -0.05) is 36.4 Å². The van der Waals surface area contributed by atoms with Gasteiger partial charge in [0.25, 0.3) is 0 Å². The van der Waals surface area contributed by atoms with Gasteiger partial charge in [0.2, 0.25) is 5.91 Å². The summed E-state index contributed by atoms with van der Waals surface area (Å²) in [4.78, 5) is 40.9. The van der Waals surface area contributed by atoms with E-state index in [2.05, 4.69) is 11.4 Å². The highest BCUT2D eigenvalue weighted by Crippen LogP contribution is 2.30. The average molecular weight is 431 g/mol. The summed E-state index contributed by atoms with van der Waals surface area (Å²) in [5.74, 6) is -1.62. The van der Waals surface area contributed by atoms with E-state index in [9.17, 15) is 19.6 Å². The van der Waals surface area contributed by atoms with Crippen LogP contribution in [0.5, 0.6) is 0 Å². The van der Waals surface area contributed by atoms with E-state index in [4.69, 9.17) is 4.74 Å². The molecule has 0 aromatic heterocycles. The predicted octanol–water partition coefficient (Wildman–Crippen LogP) is 0.894. The molecule has 1 fully saturated rings. The normalized spacial score (nSPS) is 26.5. The third-order valence-electron chi connectivity index (χ3n) is 5.86. The van der Waals surface area contributed by atoms with E-state index < -0.39 is 36.1 Å². The average Bonchev–Trinajstić information content (AvgIpc) is 2.78. The number of likely N-dealkylation sites (N-methyl/N-ethyl adjacent to an activating group) is 1. The Balaban J connectivity index is 1.76. The molecule has 1 unspecified atom stereocenters. The summed E-state index contributed by atoms with van der Waals surface area (Å²) in [5, 5.41) is 12.5. The molecule has 0 saturated carbocycles. The Morgan fingerprint density at radius 1 is 1.23 bits per heavy atom. The number of hydroxylamine groups is 1. The third-order valence-corrected chi connectivity index (χ3v) is 5.86. The first kappa shape index (κ1) is 22.9. The van der Waals surface area contributed by atoms with Crippen LogP contribution in [-0.2, 0) is 14.3 Å². The number of carbonyl (C=O) groups is 3. The van der Waals surface area contributed by atoms with Crippen molar-refractivity contribution >= 4 is 23.4 Å². The number of ketones is 1. The van der Waals surface area contributed by atoms with Crippen LogP contribution in [0.1, 0.15) is 18.4 Å². The highest BCUT2D eigenvalue weighted by molar-refractivity contribution is 5.96. The van der Waals surface area contributed by atoms with Gasteiger partial charge in [-0.25, -0.2) is 10.3 Å². The number of nitrogens with one attached hydrogen (secondary N) is 2. The summed E-state index contributed by atoms with van der Waals surface area (Å²) in [6, 6.07) is 8.69. The second kappa shape index (κ2) is 10.0. The molecule has 1 saturated heterocycles. The summed E-state index contributed by atoms with van der Waals surface area (Å²) in [6.45, 7) is 0.871. The smallest absolute Gasteiger partial charge is 0.409 e. The Hall–Kier alpha value is -2.75. The summed E-state index contributed by atoms with van der Waals surface area (Å²) in [6.07, 6.45) is 1.65. The molecule has 0 aliphatic carbocycles. The van der Waals surface area contributed by atoms with Crippen LogP contribution in [-0.4, -0.2) is 85.2 Å². The zero-order valence-corrected chi connectivity index (χ0v) is 18.1. The van der Waals surface area contributed by atoms with E-state index in [0.717, 1.165) is 11.1 Å². The number of nitrogens with zero attached hydrogens (tertiary/aromatic N) is 2. The lowest BCUT2D eigenvalue weighted by Gasteiger charge is -2.42. The van der Waals surface area contributed by atoms with Crippen molar-refractivity contribution in [3.05, 3.63) is 42.0 Å². The molecule has 9 heteroatoms. The zero-order chi connectivity index (χ0) is 22.5. The molecule has 9 nitrogen and oxygen atoms in total. The van der Waals surface area contributed by atoms with E-state index in [-0.39, 0.29) is 12.2 Å². The van der Waals surface area contributed by atoms with Gasteiger partial charge >= 0.3 is 6.09 Å². The van der Waals surface area contributed by atoms with Crippen molar-refractivity contribution in [2.45, 2.75) is 31.0 Å². The molecule has 1 aromatic rings. The second-order valence-electron chi connectivity index (χ2n) is 8.27. The number of ether oxygens (including phenoxy) is 1. The number of rotatable bonds is 5. The van der Waals surface area contributed by atoms with Gasteiger partial charge in [-0.2, -0.15) is 0 Å². The Kier molecular flexibility index (Phi) is 7.42. The van der Waals surface area contributed by atoms with Crippen LogP contribution < -0.4 is 10.8 Å². The fourth-order valence-electron chi connectivity index (χ4n) is 4.31. The topological polar surface area (TPSA) is 111 Å². The van der Waals surface area contributed by atoms with Crippen molar-refractivity contribution in [3.8, 4) is 0 Å². The Morgan fingerprint density at radius 3 is 2.58 bits per heavy atom. The number of amides is 2. The maximum absolute atomic E-state index is 13.5. The van der Waals surface area contributed by atoms with Crippen LogP contribution in [0.15, 0.2) is 36.4 Å². The van der Waals surface area contributed by atoms with Gasteiger partial charge in [0, 0.05) is 27.2 Å². The lowest BCUT2D eigenvalue weighted by molar-refractivity contribution is -0.146. The maximum Gasteiger partial charge on any atom is 0.409 e. The minimum Gasteiger partial charge on any atom is -0.445 e. The minimum atomic E-state index is -0.843. The van der Waals surface area contributed by atoms with Gasteiger partial charge in [0.1, 0.15) is 6.10 Å². The number of hydrogen-bond acceptors (Lipinski definition) is 7. The highest BCUT2D eigenvalue weighted by atomic mass is 16.6. The molecular formula is C22H30N4O5. The third kappa shape index (κ3) is 5.30. The van der Waals surface area contributed by atoms with Crippen LogP contribution in [0.25, 0.3) is 5.57 Å². The van der Waals surface area contributed by atoms with Crippen molar-refractivity contribution < 1.29 is 24.3 Å². The van der Waals surface area contributed by atoms with Crippen molar-refractivity contribution in [2.75, 3.05) is 34.2 Å². The summed E-state index contributed by atoms with van der Waals surface area (Å²) in [5.41, 5.74) is 3.82. The Labute approximate surface area is 182 Å². The number of Topliss-reactive ketones (excluding diaryl/α,β-unsaturated/α-hetero) is 1. The maximum atomic E-state index is 13.5. The molecule has 0 bridgehead atoms. The molecule has 2 aliphatic rings. The second-order valence-corrected chi connectivity index (χ2v) is 8.27. The lowest BCUT2D eigenvalue weighted by Crippen LogP contribution is -2.61. The zero-order valence-electron chi connectivity index (χ0n) is 18.1. The molecule has 1 aromatic carbocycles. The van der Waals surface area contributed by atoms with Gasteiger partial charge in [0.05, 0.1) is 18.0 Å². The number of piperidine rings is 1. The van der Waals surface area contributed by atoms with E-state index in [1.807, 2.05) is 30.3 Å². The number of benzene rings is 1. The lowest BCUT2D eigenvalue weighted by atomic mass is 9.81. The largest absolute Gasteiger partial charge is 0.445 e. The summed E-state index contributed by atoms with van der Waals surface area (Å²) >= 11 is 0. The summed E-state index contributed by atoms with van der Waals surface area (Å²) in [7, 11) is 4.88. The molecule has 0 radical (unpaired) electrons. The van der Waals surface area contributed by atoms with E-state index >= 15 is 0 Å².